The Hall–Kier alpha value is -3.43. The fourth-order valence-electron chi connectivity index (χ4n) is 5.66. The van der Waals surface area contributed by atoms with Crippen molar-refractivity contribution >= 4 is 38.2 Å². The lowest BCUT2D eigenvalue weighted by atomic mass is 9.91. The van der Waals surface area contributed by atoms with E-state index in [0.717, 1.165) is 40.4 Å². The molecular formula is C28H33N5O3S. The van der Waals surface area contributed by atoms with Crippen LogP contribution in [0.2, 0.25) is 0 Å². The summed E-state index contributed by atoms with van der Waals surface area (Å²) in [4.78, 5) is 15.8. The van der Waals surface area contributed by atoms with E-state index in [1.807, 2.05) is 36.4 Å². The highest BCUT2D eigenvalue weighted by molar-refractivity contribution is 7.88. The number of fused-ring (bicyclic) bond motifs is 2. The molecule has 0 bridgehead atoms. The first-order valence-electron chi connectivity index (χ1n) is 12.7. The molecule has 1 aliphatic heterocycles. The van der Waals surface area contributed by atoms with Gasteiger partial charge in [-0.25, -0.2) is 13.1 Å². The minimum Gasteiger partial charge on any atom is -0.384 e. The predicted molar refractivity (Wildman–Crippen MR) is 147 cm³/mol. The molecule has 5 N–H and O–H groups in total. The Morgan fingerprint density at radius 1 is 1.03 bits per heavy atom. The summed E-state index contributed by atoms with van der Waals surface area (Å²) >= 11 is 0. The molecule has 2 aliphatic rings. The minimum atomic E-state index is -3.24. The number of amidine groups is 1. The first-order chi connectivity index (χ1) is 17.7. The number of carbonyl (C=O) groups excluding carboxylic acids is 1. The van der Waals surface area contributed by atoms with E-state index in [1.54, 1.807) is 0 Å². The van der Waals surface area contributed by atoms with Crippen molar-refractivity contribution in [3.63, 3.8) is 0 Å². The molecule has 5 rings (SSSR count). The zero-order valence-corrected chi connectivity index (χ0v) is 21.7. The van der Waals surface area contributed by atoms with Crippen molar-refractivity contribution in [3.05, 3.63) is 77.4 Å². The van der Waals surface area contributed by atoms with E-state index in [1.165, 1.54) is 6.26 Å². The number of hydrogen-bond donors (Lipinski definition) is 4. The number of nitrogens with zero attached hydrogens (tertiary/aromatic N) is 1. The van der Waals surface area contributed by atoms with Gasteiger partial charge < -0.3 is 16.0 Å². The van der Waals surface area contributed by atoms with Crippen LogP contribution in [0.3, 0.4) is 0 Å². The Morgan fingerprint density at radius 3 is 2.46 bits per heavy atom. The van der Waals surface area contributed by atoms with Crippen molar-refractivity contribution < 1.29 is 13.2 Å². The Bertz CT molecular complexity index is 1440. The van der Waals surface area contributed by atoms with Gasteiger partial charge in [-0.15, -0.1) is 0 Å². The highest BCUT2D eigenvalue weighted by Crippen LogP contribution is 2.36. The molecule has 0 saturated heterocycles. The van der Waals surface area contributed by atoms with Crippen LogP contribution in [0.5, 0.6) is 0 Å². The number of sulfonamides is 1. The largest absolute Gasteiger partial charge is 0.384 e. The molecule has 1 fully saturated rings. The van der Waals surface area contributed by atoms with Crippen LogP contribution in [0.25, 0.3) is 10.8 Å². The Labute approximate surface area is 217 Å². The summed E-state index contributed by atoms with van der Waals surface area (Å²) in [5.74, 6) is -0.0272. The molecule has 3 aromatic rings. The van der Waals surface area contributed by atoms with Crippen molar-refractivity contribution in [2.45, 2.75) is 56.8 Å². The molecule has 0 aromatic heterocycles. The SMILES string of the molecule is CS(=O)(=O)N[C@H]1CC[C@H](NC(=O)C2Cc3ccc(C(=N)N)cc3N2Cc2cccc3ccccc23)CC1. The fourth-order valence-corrected chi connectivity index (χ4v) is 6.50. The maximum atomic E-state index is 13.6. The van der Waals surface area contributed by atoms with Gasteiger partial charge in [0.25, 0.3) is 0 Å². The lowest BCUT2D eigenvalue weighted by Crippen LogP contribution is -2.50. The number of nitrogens with one attached hydrogen (secondary N) is 3. The number of rotatable bonds is 7. The average Bonchev–Trinajstić information content (AvgIpc) is 3.22. The Balaban J connectivity index is 1.38. The predicted octanol–water partition coefficient (Wildman–Crippen LogP) is 3.03. The Kier molecular flexibility index (Phi) is 6.92. The van der Waals surface area contributed by atoms with Crippen molar-refractivity contribution in [1.82, 2.24) is 10.0 Å². The fraction of sp³-hybridized carbons (Fsp3) is 0.357. The molecule has 1 heterocycles. The smallest absolute Gasteiger partial charge is 0.243 e. The molecule has 1 aliphatic carbocycles. The van der Waals surface area contributed by atoms with Crippen molar-refractivity contribution in [2.75, 3.05) is 11.2 Å². The molecule has 1 unspecified atom stereocenters. The van der Waals surface area contributed by atoms with Crippen LogP contribution in [0.15, 0.2) is 60.7 Å². The summed E-state index contributed by atoms with van der Waals surface area (Å²) in [5.41, 5.74) is 9.55. The van der Waals surface area contributed by atoms with E-state index in [-0.39, 0.29) is 29.9 Å². The van der Waals surface area contributed by atoms with Gasteiger partial charge in [0.2, 0.25) is 15.9 Å². The number of nitrogen functional groups attached to an aromatic ring is 1. The van der Waals surface area contributed by atoms with E-state index in [0.29, 0.717) is 31.4 Å². The van der Waals surface area contributed by atoms with Gasteiger partial charge in [0.1, 0.15) is 11.9 Å². The molecular weight excluding hydrogens is 486 g/mol. The molecule has 37 heavy (non-hydrogen) atoms. The lowest BCUT2D eigenvalue weighted by Gasteiger charge is -2.32. The lowest BCUT2D eigenvalue weighted by molar-refractivity contribution is -0.123. The summed E-state index contributed by atoms with van der Waals surface area (Å²) in [5, 5.41) is 13.5. The zero-order valence-electron chi connectivity index (χ0n) is 20.9. The molecule has 0 spiro atoms. The first kappa shape index (κ1) is 25.2. The molecule has 1 atom stereocenters. The minimum absolute atomic E-state index is 0.000255. The summed E-state index contributed by atoms with van der Waals surface area (Å²) in [6, 6.07) is 19.7. The third kappa shape index (κ3) is 5.62. The first-order valence-corrected chi connectivity index (χ1v) is 14.6. The molecule has 194 valence electrons. The number of benzene rings is 3. The third-order valence-corrected chi connectivity index (χ3v) is 8.23. The van der Waals surface area contributed by atoms with Crippen LogP contribution in [-0.2, 0) is 27.8 Å². The van der Waals surface area contributed by atoms with Crippen molar-refractivity contribution in [1.29, 1.82) is 5.41 Å². The maximum Gasteiger partial charge on any atom is 0.243 e. The van der Waals surface area contributed by atoms with Crippen molar-refractivity contribution in [2.24, 2.45) is 5.73 Å². The standard InChI is InChI=1S/C28H33N5O3S/c1-37(35,36)32-23-13-11-22(12-14-23)31-28(34)26-15-19-9-10-20(27(29)30)16-25(19)33(26)17-21-7-4-6-18-5-2-3-8-24(18)21/h2-10,16,22-23,26,32H,11-15,17H2,1H3,(H3,29,30)(H,31,34)/t22-,23-,26?. The van der Waals surface area contributed by atoms with Gasteiger partial charge >= 0.3 is 0 Å². The van der Waals surface area contributed by atoms with Crippen LogP contribution in [-0.4, -0.2) is 44.5 Å². The van der Waals surface area contributed by atoms with Crippen LogP contribution in [0.1, 0.15) is 42.4 Å². The monoisotopic (exact) mass is 519 g/mol. The van der Waals surface area contributed by atoms with Gasteiger partial charge in [0.15, 0.2) is 0 Å². The molecule has 1 amide bonds. The second-order valence-corrected chi connectivity index (χ2v) is 12.0. The van der Waals surface area contributed by atoms with Gasteiger partial charge in [-0.05, 0) is 53.6 Å². The van der Waals surface area contributed by atoms with E-state index in [9.17, 15) is 13.2 Å². The summed E-state index contributed by atoms with van der Waals surface area (Å²) < 4.78 is 25.8. The summed E-state index contributed by atoms with van der Waals surface area (Å²) in [7, 11) is -3.24. The number of anilines is 1. The molecule has 1 saturated carbocycles. The molecule has 9 heteroatoms. The van der Waals surface area contributed by atoms with Crippen LogP contribution < -0.4 is 20.7 Å². The molecule has 8 nitrogen and oxygen atoms in total. The number of nitrogens with two attached hydrogens (primary N) is 1. The van der Waals surface area contributed by atoms with E-state index in [2.05, 4.69) is 39.2 Å². The molecule has 0 radical (unpaired) electrons. The van der Waals surface area contributed by atoms with Gasteiger partial charge in [0.05, 0.1) is 6.26 Å². The highest BCUT2D eigenvalue weighted by atomic mass is 32.2. The van der Waals surface area contributed by atoms with Gasteiger partial charge in [-0.1, -0.05) is 54.6 Å². The van der Waals surface area contributed by atoms with Crippen LogP contribution in [0, 0.1) is 5.41 Å². The highest BCUT2D eigenvalue weighted by Gasteiger charge is 2.36. The van der Waals surface area contributed by atoms with Crippen LogP contribution in [0.4, 0.5) is 5.69 Å². The summed E-state index contributed by atoms with van der Waals surface area (Å²) in [6.45, 7) is 0.554. The maximum absolute atomic E-state index is 13.6. The topological polar surface area (TPSA) is 128 Å². The zero-order chi connectivity index (χ0) is 26.2. The second kappa shape index (κ2) is 10.1. The van der Waals surface area contributed by atoms with E-state index >= 15 is 0 Å². The number of carbonyl (C=O) groups is 1. The Morgan fingerprint density at radius 2 is 1.73 bits per heavy atom. The number of amides is 1. The molecule has 3 aromatic carbocycles. The van der Waals surface area contributed by atoms with E-state index < -0.39 is 10.0 Å². The number of hydrogen-bond acceptors (Lipinski definition) is 5. The summed E-state index contributed by atoms with van der Waals surface area (Å²) in [6.07, 6.45) is 4.62. The normalized spacial score (nSPS) is 21.5. The second-order valence-electron chi connectivity index (χ2n) is 10.2. The van der Waals surface area contributed by atoms with E-state index in [4.69, 9.17) is 11.1 Å². The van der Waals surface area contributed by atoms with Gasteiger partial charge in [-0.2, -0.15) is 0 Å². The quantitative estimate of drug-likeness (QED) is 0.282. The van der Waals surface area contributed by atoms with Gasteiger partial charge in [0, 0.05) is 36.3 Å². The van der Waals surface area contributed by atoms with Gasteiger partial charge in [-0.3, -0.25) is 10.2 Å². The van der Waals surface area contributed by atoms with Crippen molar-refractivity contribution in [3.8, 4) is 0 Å². The van der Waals surface area contributed by atoms with Crippen LogP contribution >= 0.6 is 0 Å². The average molecular weight is 520 g/mol. The third-order valence-electron chi connectivity index (χ3n) is 7.47.